The summed E-state index contributed by atoms with van der Waals surface area (Å²) in [6.45, 7) is 8.34. The van der Waals surface area contributed by atoms with Crippen molar-refractivity contribution in [3.63, 3.8) is 0 Å². The minimum atomic E-state index is -0.806. The van der Waals surface area contributed by atoms with Crippen LogP contribution in [0, 0.1) is 22.7 Å². The molecule has 7 heteroatoms. The fourth-order valence-corrected chi connectivity index (χ4v) is 6.57. The van der Waals surface area contributed by atoms with Gasteiger partial charge in [-0.2, -0.15) is 0 Å². The Bertz CT molecular complexity index is 1120. The maximum atomic E-state index is 12.5. The standard InChI is InChI=1S/C30H36O7/c1-19-5-13-25-29(2,16-15-26(32)30(25,3)18-31)23(19)12-11-22-24(17-36-28(22)34)37-27(33)14-8-20-6-9-21(35-4)10-7-20/h6-11,14,18,23-26,32H,1,5,12-13,15-17H2,2-4H3/b14-8+,22-11+/t23-,24-,25+,26-,29+,30+/m1/s1. The van der Waals surface area contributed by atoms with Gasteiger partial charge >= 0.3 is 11.9 Å². The molecule has 3 aliphatic rings. The summed E-state index contributed by atoms with van der Waals surface area (Å²) in [4.78, 5) is 37.1. The molecule has 0 spiro atoms. The number of aliphatic hydroxyl groups excluding tert-OH is 1. The van der Waals surface area contributed by atoms with Crippen molar-refractivity contribution in [1.82, 2.24) is 0 Å². The van der Waals surface area contributed by atoms with Crippen molar-refractivity contribution >= 4 is 24.3 Å². The third-order valence-corrected chi connectivity index (χ3v) is 8.83. The predicted molar refractivity (Wildman–Crippen MR) is 138 cm³/mol. The predicted octanol–water partition coefficient (Wildman–Crippen LogP) is 4.44. The fraction of sp³-hybridized carbons (Fsp3) is 0.500. The summed E-state index contributed by atoms with van der Waals surface area (Å²) in [5, 5.41) is 10.6. The molecule has 3 fully saturated rings. The van der Waals surface area contributed by atoms with Gasteiger partial charge in [0.05, 0.1) is 24.2 Å². The van der Waals surface area contributed by atoms with E-state index in [2.05, 4.69) is 13.5 Å². The number of esters is 2. The molecule has 1 aromatic carbocycles. The van der Waals surface area contributed by atoms with Crippen molar-refractivity contribution in [1.29, 1.82) is 0 Å². The van der Waals surface area contributed by atoms with E-state index >= 15 is 0 Å². The number of aliphatic hydroxyl groups is 1. The van der Waals surface area contributed by atoms with Gasteiger partial charge in [0, 0.05) is 6.08 Å². The highest BCUT2D eigenvalue weighted by Gasteiger charge is 2.57. The number of hydrogen-bond acceptors (Lipinski definition) is 7. The SMILES string of the molecule is C=C1CC[C@@H]2[C@](C)(C=O)[C@H](O)CC[C@@]2(C)[C@@H]1C/C=C1/C(=O)OC[C@H]1OC(=O)/C=C/c1ccc(OC)cc1. The zero-order valence-electron chi connectivity index (χ0n) is 21.8. The molecule has 7 nitrogen and oxygen atoms in total. The van der Waals surface area contributed by atoms with Crippen LogP contribution >= 0.6 is 0 Å². The van der Waals surface area contributed by atoms with Crippen LogP contribution < -0.4 is 4.74 Å². The molecule has 0 aromatic heterocycles. The zero-order chi connectivity index (χ0) is 26.8. The van der Waals surface area contributed by atoms with Gasteiger partial charge in [0.25, 0.3) is 0 Å². The third kappa shape index (κ3) is 5.14. The lowest BCUT2D eigenvalue weighted by Gasteiger charge is -2.58. The number of methoxy groups -OCH3 is 1. The van der Waals surface area contributed by atoms with E-state index in [4.69, 9.17) is 14.2 Å². The molecule has 1 aliphatic heterocycles. The smallest absolute Gasteiger partial charge is 0.337 e. The summed E-state index contributed by atoms with van der Waals surface area (Å²) >= 11 is 0. The molecule has 2 aliphatic carbocycles. The summed E-state index contributed by atoms with van der Waals surface area (Å²) in [5.74, 6) is -0.288. The number of allylic oxidation sites excluding steroid dienone is 2. The van der Waals surface area contributed by atoms with Crippen LogP contribution in [0.15, 0.2) is 54.1 Å². The zero-order valence-corrected chi connectivity index (χ0v) is 21.8. The lowest BCUT2D eigenvalue weighted by atomic mass is 9.46. The number of hydrogen-bond donors (Lipinski definition) is 1. The molecule has 1 aromatic rings. The molecule has 0 radical (unpaired) electrons. The van der Waals surface area contributed by atoms with Gasteiger partial charge in [-0.3, -0.25) is 0 Å². The lowest BCUT2D eigenvalue weighted by Crippen LogP contribution is -2.56. The number of fused-ring (bicyclic) bond motifs is 1. The Morgan fingerprint density at radius 2 is 1.97 bits per heavy atom. The van der Waals surface area contributed by atoms with Crippen molar-refractivity contribution in [2.75, 3.05) is 13.7 Å². The van der Waals surface area contributed by atoms with E-state index in [1.807, 2.05) is 25.1 Å². The Morgan fingerprint density at radius 3 is 2.65 bits per heavy atom. The Kier molecular flexibility index (Phi) is 7.74. The van der Waals surface area contributed by atoms with Crippen LogP contribution in [0.4, 0.5) is 0 Å². The lowest BCUT2D eigenvalue weighted by molar-refractivity contribution is -0.152. The van der Waals surface area contributed by atoms with E-state index in [1.165, 1.54) is 6.08 Å². The summed E-state index contributed by atoms with van der Waals surface area (Å²) in [5.41, 5.74) is 1.18. The molecule has 2 saturated carbocycles. The molecular weight excluding hydrogens is 472 g/mol. The second-order valence-corrected chi connectivity index (χ2v) is 10.9. The van der Waals surface area contributed by atoms with Crippen LogP contribution in [0.2, 0.25) is 0 Å². The van der Waals surface area contributed by atoms with Gasteiger partial charge in [-0.05, 0) is 73.1 Å². The average molecular weight is 509 g/mol. The first-order valence-corrected chi connectivity index (χ1v) is 12.8. The summed E-state index contributed by atoms with van der Waals surface area (Å²) < 4.78 is 15.9. The third-order valence-electron chi connectivity index (χ3n) is 8.83. The highest BCUT2D eigenvalue weighted by atomic mass is 16.6. The molecule has 6 atom stereocenters. The quantitative estimate of drug-likeness (QED) is 0.252. The first kappa shape index (κ1) is 26.9. The van der Waals surface area contributed by atoms with Gasteiger partial charge in [0.1, 0.15) is 18.6 Å². The van der Waals surface area contributed by atoms with Gasteiger partial charge in [-0.1, -0.05) is 44.2 Å². The Labute approximate surface area is 218 Å². The Balaban J connectivity index is 1.47. The summed E-state index contributed by atoms with van der Waals surface area (Å²) in [6, 6.07) is 7.23. The number of carbonyl (C=O) groups excluding carboxylic acids is 3. The number of ether oxygens (including phenoxy) is 3. The molecule has 0 amide bonds. The number of benzene rings is 1. The second kappa shape index (κ2) is 10.7. The van der Waals surface area contributed by atoms with Crippen LogP contribution in [0.25, 0.3) is 6.08 Å². The molecule has 0 bridgehead atoms. The first-order valence-electron chi connectivity index (χ1n) is 12.8. The fourth-order valence-electron chi connectivity index (χ4n) is 6.57. The topological polar surface area (TPSA) is 99.1 Å². The van der Waals surface area contributed by atoms with E-state index < -0.39 is 29.6 Å². The van der Waals surface area contributed by atoms with Crippen molar-refractivity contribution < 1.29 is 33.7 Å². The molecule has 4 rings (SSSR count). The molecule has 198 valence electrons. The summed E-state index contributed by atoms with van der Waals surface area (Å²) in [6.07, 6.45) is 7.67. The highest BCUT2D eigenvalue weighted by molar-refractivity contribution is 5.93. The molecule has 1 heterocycles. The van der Waals surface area contributed by atoms with Gasteiger partial charge in [-0.15, -0.1) is 0 Å². The van der Waals surface area contributed by atoms with E-state index in [9.17, 15) is 19.5 Å². The monoisotopic (exact) mass is 508 g/mol. The maximum absolute atomic E-state index is 12.5. The van der Waals surface area contributed by atoms with Crippen LogP contribution in [0.5, 0.6) is 5.75 Å². The molecule has 1 saturated heterocycles. The molecule has 37 heavy (non-hydrogen) atoms. The van der Waals surface area contributed by atoms with Crippen LogP contribution in [0.3, 0.4) is 0 Å². The van der Waals surface area contributed by atoms with Gasteiger partial charge in [-0.25, -0.2) is 9.59 Å². The van der Waals surface area contributed by atoms with Crippen LogP contribution in [0.1, 0.15) is 51.5 Å². The first-order chi connectivity index (χ1) is 17.6. The summed E-state index contributed by atoms with van der Waals surface area (Å²) in [7, 11) is 1.59. The van der Waals surface area contributed by atoms with Crippen molar-refractivity contribution in [2.45, 2.75) is 58.2 Å². The molecule has 0 unspecified atom stereocenters. The van der Waals surface area contributed by atoms with Gasteiger partial charge < -0.3 is 24.1 Å². The van der Waals surface area contributed by atoms with Gasteiger partial charge in [0.15, 0.2) is 6.10 Å². The Hall–Kier alpha value is -3.19. The number of cyclic esters (lactones) is 1. The van der Waals surface area contributed by atoms with Crippen LogP contribution in [-0.4, -0.2) is 49.3 Å². The van der Waals surface area contributed by atoms with Gasteiger partial charge in [0.2, 0.25) is 0 Å². The van der Waals surface area contributed by atoms with Crippen LogP contribution in [-0.2, 0) is 23.9 Å². The second-order valence-electron chi connectivity index (χ2n) is 10.9. The van der Waals surface area contributed by atoms with E-state index in [-0.39, 0.29) is 23.9 Å². The minimum Gasteiger partial charge on any atom is -0.497 e. The normalized spacial score (nSPS) is 34.8. The molecule has 1 N–H and O–H groups in total. The van der Waals surface area contributed by atoms with E-state index in [0.717, 1.165) is 42.4 Å². The van der Waals surface area contributed by atoms with Crippen molar-refractivity contribution in [3.8, 4) is 5.75 Å². The van der Waals surface area contributed by atoms with E-state index in [0.29, 0.717) is 18.4 Å². The van der Waals surface area contributed by atoms with Crippen molar-refractivity contribution in [3.05, 3.63) is 59.7 Å². The van der Waals surface area contributed by atoms with E-state index in [1.54, 1.807) is 25.3 Å². The number of carbonyl (C=O) groups is 3. The number of aldehydes is 1. The molecular formula is C30H36O7. The average Bonchev–Trinajstić information content (AvgIpc) is 3.23. The largest absolute Gasteiger partial charge is 0.497 e. The maximum Gasteiger partial charge on any atom is 0.337 e. The minimum absolute atomic E-state index is 0.0161. The Morgan fingerprint density at radius 1 is 1.24 bits per heavy atom. The number of rotatable bonds is 7. The highest BCUT2D eigenvalue weighted by Crippen LogP contribution is 2.61. The van der Waals surface area contributed by atoms with Crippen molar-refractivity contribution in [2.24, 2.45) is 22.7 Å².